The number of carboxylic acids is 1. The topological polar surface area (TPSA) is 57.6 Å². The Morgan fingerprint density at radius 3 is 2.36 bits per heavy atom. The number of benzene rings is 1. The highest BCUT2D eigenvalue weighted by atomic mass is 32.1. The van der Waals surface area contributed by atoms with E-state index in [2.05, 4.69) is 6.92 Å². The zero-order valence-electron chi connectivity index (χ0n) is 16.4. The van der Waals surface area contributed by atoms with E-state index in [0.717, 1.165) is 21.8 Å². The lowest BCUT2D eigenvalue weighted by molar-refractivity contribution is -0.133. The summed E-state index contributed by atoms with van der Waals surface area (Å²) in [5.41, 5.74) is -0.771. The average Bonchev–Trinajstić information content (AvgIpc) is 3.10. The Bertz CT molecular complexity index is 854. The number of hydrogen-bond acceptors (Lipinski definition) is 3. The van der Waals surface area contributed by atoms with Gasteiger partial charge in [-0.1, -0.05) is 37.3 Å². The number of carbonyl (C=O) groups excluding carboxylic acids is 1. The van der Waals surface area contributed by atoms with Crippen LogP contribution in [0.5, 0.6) is 0 Å². The first-order chi connectivity index (χ1) is 13.2. The van der Waals surface area contributed by atoms with E-state index in [0.29, 0.717) is 18.8 Å². The third-order valence-corrected chi connectivity index (χ3v) is 6.57. The number of alkyl halides is 1. The predicted molar refractivity (Wildman–Crippen MR) is 111 cm³/mol. The monoisotopic (exact) mass is 403 g/mol. The fourth-order valence-corrected chi connectivity index (χ4v) is 4.72. The molecule has 0 unspecified atom stereocenters. The highest BCUT2D eigenvalue weighted by molar-refractivity contribution is 7.18. The van der Waals surface area contributed by atoms with Crippen LogP contribution in [-0.4, -0.2) is 28.7 Å². The van der Waals surface area contributed by atoms with Gasteiger partial charge in [0.15, 0.2) is 5.67 Å². The summed E-state index contributed by atoms with van der Waals surface area (Å²) in [5, 5.41) is 9.73. The molecule has 150 valence electrons. The molecular formula is C22H26FNO3S. The van der Waals surface area contributed by atoms with Crippen LogP contribution >= 0.6 is 11.3 Å². The number of anilines is 1. The number of halogens is 1. The minimum absolute atomic E-state index is 0.0636. The maximum atomic E-state index is 15.6. The van der Waals surface area contributed by atoms with Gasteiger partial charge in [0.05, 0.1) is 5.69 Å². The summed E-state index contributed by atoms with van der Waals surface area (Å²) in [7, 11) is 0. The standard InChI is InChI=1S/C22H26FNO3S/c1-14(2)24(21(27)22(23)11-9-15(3)10-12-22)17-13-18(28-19(17)20(25)26)16-7-5-4-6-8-16/h4-8,13-15H,9-12H2,1-3H3,(H,25,26). The first-order valence-electron chi connectivity index (χ1n) is 9.68. The SMILES string of the molecule is CC1CCC(F)(C(=O)N(c2cc(-c3ccccc3)sc2C(=O)O)C(C)C)CC1. The van der Waals surface area contributed by atoms with Crippen LogP contribution in [0, 0.1) is 5.92 Å². The molecule has 1 aliphatic rings. The quantitative estimate of drug-likeness (QED) is 0.689. The number of aromatic carboxylic acids is 1. The number of amides is 1. The summed E-state index contributed by atoms with van der Waals surface area (Å²) in [6.45, 7) is 5.65. The highest BCUT2D eigenvalue weighted by Gasteiger charge is 2.45. The third kappa shape index (κ3) is 3.97. The van der Waals surface area contributed by atoms with Gasteiger partial charge in [-0.2, -0.15) is 0 Å². The largest absolute Gasteiger partial charge is 0.477 e. The number of carbonyl (C=O) groups is 2. The maximum Gasteiger partial charge on any atom is 0.348 e. The molecule has 3 rings (SSSR count). The molecule has 1 saturated carbocycles. The smallest absolute Gasteiger partial charge is 0.348 e. The van der Waals surface area contributed by atoms with E-state index in [1.165, 1.54) is 4.90 Å². The first-order valence-corrected chi connectivity index (χ1v) is 10.5. The molecule has 0 atom stereocenters. The second-order valence-electron chi connectivity index (χ2n) is 7.91. The van der Waals surface area contributed by atoms with Gasteiger partial charge < -0.3 is 10.0 Å². The van der Waals surface area contributed by atoms with Crippen molar-refractivity contribution >= 4 is 28.9 Å². The van der Waals surface area contributed by atoms with Crippen LogP contribution < -0.4 is 4.90 Å². The normalized spacial score (nSPS) is 22.2. The van der Waals surface area contributed by atoms with Gasteiger partial charge in [0.1, 0.15) is 4.88 Å². The molecule has 1 aliphatic carbocycles. The van der Waals surface area contributed by atoms with Gasteiger partial charge in [-0.05, 0) is 57.1 Å². The molecule has 0 saturated heterocycles. The number of carboxylic acid groups (broad SMARTS) is 1. The molecule has 4 nitrogen and oxygen atoms in total. The van der Waals surface area contributed by atoms with Crippen molar-refractivity contribution < 1.29 is 19.1 Å². The average molecular weight is 404 g/mol. The highest BCUT2D eigenvalue weighted by Crippen LogP contribution is 2.42. The number of nitrogens with zero attached hydrogens (tertiary/aromatic N) is 1. The van der Waals surface area contributed by atoms with Crippen molar-refractivity contribution in [2.75, 3.05) is 4.90 Å². The summed E-state index contributed by atoms with van der Waals surface area (Å²) >= 11 is 1.11. The van der Waals surface area contributed by atoms with Gasteiger partial charge in [-0.3, -0.25) is 4.79 Å². The molecule has 6 heteroatoms. The molecule has 1 amide bonds. The maximum absolute atomic E-state index is 15.6. The molecule has 1 aromatic heterocycles. The van der Waals surface area contributed by atoms with E-state index >= 15 is 4.39 Å². The summed E-state index contributed by atoms with van der Waals surface area (Å²) in [6.07, 6.45) is 1.71. The van der Waals surface area contributed by atoms with Gasteiger partial charge in [0.25, 0.3) is 5.91 Å². The molecule has 1 fully saturated rings. The van der Waals surface area contributed by atoms with Crippen molar-refractivity contribution in [2.24, 2.45) is 5.92 Å². The van der Waals surface area contributed by atoms with Crippen molar-refractivity contribution in [1.82, 2.24) is 0 Å². The molecule has 1 heterocycles. The molecule has 0 bridgehead atoms. The van der Waals surface area contributed by atoms with Crippen molar-refractivity contribution in [2.45, 2.75) is 58.2 Å². The number of thiophene rings is 1. The lowest BCUT2D eigenvalue weighted by Gasteiger charge is -2.37. The zero-order chi connectivity index (χ0) is 20.5. The molecule has 0 radical (unpaired) electrons. The minimum atomic E-state index is -1.93. The summed E-state index contributed by atoms with van der Waals surface area (Å²) in [4.78, 5) is 27.3. The van der Waals surface area contributed by atoms with Crippen molar-refractivity contribution in [3.8, 4) is 10.4 Å². The molecule has 0 aliphatic heterocycles. The second-order valence-corrected chi connectivity index (χ2v) is 8.97. The van der Waals surface area contributed by atoms with E-state index in [9.17, 15) is 14.7 Å². The van der Waals surface area contributed by atoms with Crippen LogP contribution in [0.1, 0.15) is 56.1 Å². The van der Waals surface area contributed by atoms with Gasteiger partial charge in [-0.15, -0.1) is 11.3 Å². The molecule has 2 aromatic rings. The molecular weight excluding hydrogens is 377 g/mol. The molecule has 0 spiro atoms. The lowest BCUT2D eigenvalue weighted by Crippen LogP contribution is -2.51. The predicted octanol–water partition coefficient (Wildman–Crippen LogP) is 5.77. The fraction of sp³-hybridized carbons (Fsp3) is 0.455. The van der Waals surface area contributed by atoms with E-state index in [1.54, 1.807) is 19.9 Å². The fourth-order valence-electron chi connectivity index (χ4n) is 3.73. The molecule has 28 heavy (non-hydrogen) atoms. The Labute approximate surface area is 169 Å². The number of rotatable bonds is 5. The van der Waals surface area contributed by atoms with Gasteiger partial charge >= 0.3 is 5.97 Å². The third-order valence-electron chi connectivity index (χ3n) is 5.41. The van der Waals surface area contributed by atoms with Crippen molar-refractivity contribution in [3.05, 3.63) is 41.3 Å². The van der Waals surface area contributed by atoms with Gasteiger partial charge in [0.2, 0.25) is 0 Å². The summed E-state index contributed by atoms with van der Waals surface area (Å²) < 4.78 is 15.6. The van der Waals surface area contributed by atoms with Crippen LogP contribution in [0.2, 0.25) is 0 Å². The minimum Gasteiger partial charge on any atom is -0.477 e. The Morgan fingerprint density at radius 1 is 1.21 bits per heavy atom. The Morgan fingerprint density at radius 2 is 1.82 bits per heavy atom. The summed E-state index contributed by atoms with van der Waals surface area (Å²) in [6, 6.07) is 10.8. The molecule has 1 N–H and O–H groups in total. The number of hydrogen-bond donors (Lipinski definition) is 1. The van der Waals surface area contributed by atoms with Crippen LogP contribution in [-0.2, 0) is 4.79 Å². The van der Waals surface area contributed by atoms with Crippen LogP contribution in [0.15, 0.2) is 36.4 Å². The van der Waals surface area contributed by atoms with E-state index in [1.807, 2.05) is 30.3 Å². The Kier molecular flexibility index (Phi) is 5.89. The first kappa shape index (κ1) is 20.5. The van der Waals surface area contributed by atoms with Crippen LogP contribution in [0.25, 0.3) is 10.4 Å². The molecule has 1 aromatic carbocycles. The Balaban J connectivity index is 2.03. The van der Waals surface area contributed by atoms with Crippen LogP contribution in [0.3, 0.4) is 0 Å². The van der Waals surface area contributed by atoms with E-state index in [4.69, 9.17) is 0 Å². The van der Waals surface area contributed by atoms with Crippen LogP contribution in [0.4, 0.5) is 10.1 Å². The summed E-state index contributed by atoms with van der Waals surface area (Å²) in [5.74, 6) is -1.32. The second kappa shape index (κ2) is 8.03. The van der Waals surface area contributed by atoms with Crippen molar-refractivity contribution in [1.29, 1.82) is 0 Å². The Hall–Kier alpha value is -2.21. The van der Waals surface area contributed by atoms with E-state index in [-0.39, 0.29) is 29.4 Å². The zero-order valence-corrected chi connectivity index (χ0v) is 17.3. The van der Waals surface area contributed by atoms with Crippen molar-refractivity contribution in [3.63, 3.8) is 0 Å². The van der Waals surface area contributed by atoms with Gasteiger partial charge in [-0.25, -0.2) is 9.18 Å². The van der Waals surface area contributed by atoms with Gasteiger partial charge in [0, 0.05) is 10.9 Å². The lowest BCUT2D eigenvalue weighted by atomic mass is 9.80. The van der Waals surface area contributed by atoms with E-state index < -0.39 is 17.5 Å².